The van der Waals surface area contributed by atoms with Crippen molar-refractivity contribution in [3.8, 4) is 5.75 Å². The summed E-state index contributed by atoms with van der Waals surface area (Å²) < 4.78 is 5.25. The van der Waals surface area contributed by atoms with E-state index in [1.54, 1.807) is 7.11 Å². The Kier molecular flexibility index (Phi) is 5.01. The van der Waals surface area contributed by atoms with Crippen molar-refractivity contribution in [2.24, 2.45) is 11.7 Å². The molecular weight excluding hydrogens is 252 g/mol. The zero-order valence-corrected chi connectivity index (χ0v) is 12.3. The first-order valence-corrected chi connectivity index (χ1v) is 7.28. The molecule has 0 heterocycles. The van der Waals surface area contributed by atoms with Crippen LogP contribution in [0.3, 0.4) is 0 Å². The van der Waals surface area contributed by atoms with Crippen molar-refractivity contribution in [1.82, 2.24) is 5.32 Å². The predicted octanol–water partition coefficient (Wildman–Crippen LogP) is 2.25. The lowest BCUT2D eigenvalue weighted by Crippen LogP contribution is -2.34. The van der Waals surface area contributed by atoms with E-state index in [2.05, 4.69) is 5.32 Å². The van der Waals surface area contributed by atoms with E-state index in [0.717, 1.165) is 37.8 Å². The molecule has 1 aromatic carbocycles. The van der Waals surface area contributed by atoms with Gasteiger partial charge in [0, 0.05) is 12.6 Å². The molecule has 4 nitrogen and oxygen atoms in total. The highest BCUT2D eigenvalue weighted by molar-refractivity contribution is 5.97. The summed E-state index contributed by atoms with van der Waals surface area (Å²) in [7, 11) is 1.59. The Labute approximate surface area is 120 Å². The molecule has 2 rings (SSSR count). The van der Waals surface area contributed by atoms with Crippen LogP contribution in [-0.2, 0) is 0 Å². The summed E-state index contributed by atoms with van der Waals surface area (Å²) in [5.41, 5.74) is 7.56. The Balaban J connectivity index is 1.93. The zero-order valence-electron chi connectivity index (χ0n) is 12.3. The third-order valence-electron chi connectivity index (χ3n) is 4.04. The summed E-state index contributed by atoms with van der Waals surface area (Å²) in [6, 6.07) is 5.99. The summed E-state index contributed by atoms with van der Waals surface area (Å²) in [4.78, 5) is 12.3. The number of ether oxygens (including phenoxy) is 1. The minimum atomic E-state index is -0.0552. The maximum Gasteiger partial charge on any atom is 0.255 e. The summed E-state index contributed by atoms with van der Waals surface area (Å²) in [6.07, 6.45) is 4.33. The van der Waals surface area contributed by atoms with Crippen LogP contribution in [0.15, 0.2) is 18.2 Å². The molecule has 4 heteroatoms. The molecule has 0 unspecified atom stereocenters. The van der Waals surface area contributed by atoms with Crippen molar-refractivity contribution in [2.45, 2.75) is 38.6 Å². The van der Waals surface area contributed by atoms with E-state index < -0.39 is 0 Å². The van der Waals surface area contributed by atoms with Crippen molar-refractivity contribution >= 4 is 5.91 Å². The second-order valence-corrected chi connectivity index (χ2v) is 5.69. The van der Waals surface area contributed by atoms with E-state index in [1.807, 2.05) is 25.1 Å². The average Bonchev–Trinajstić information content (AvgIpc) is 2.46. The lowest BCUT2D eigenvalue weighted by atomic mass is 9.86. The van der Waals surface area contributed by atoms with E-state index in [1.165, 1.54) is 0 Å². The number of aryl methyl sites for hydroxylation is 1. The number of hydrogen-bond donors (Lipinski definition) is 2. The van der Waals surface area contributed by atoms with Gasteiger partial charge in [-0.1, -0.05) is 11.6 Å². The van der Waals surface area contributed by atoms with Gasteiger partial charge in [-0.25, -0.2) is 0 Å². The van der Waals surface area contributed by atoms with Gasteiger partial charge in [0.2, 0.25) is 0 Å². The average molecular weight is 276 g/mol. The number of hydrogen-bond acceptors (Lipinski definition) is 3. The molecule has 0 spiro atoms. The first-order chi connectivity index (χ1) is 9.60. The summed E-state index contributed by atoms with van der Waals surface area (Å²) in [6.45, 7) is 2.70. The highest BCUT2D eigenvalue weighted by atomic mass is 16.5. The van der Waals surface area contributed by atoms with Gasteiger partial charge in [0.1, 0.15) is 5.75 Å². The van der Waals surface area contributed by atoms with Crippen molar-refractivity contribution in [2.75, 3.05) is 13.7 Å². The fourth-order valence-electron chi connectivity index (χ4n) is 2.72. The van der Waals surface area contributed by atoms with E-state index in [-0.39, 0.29) is 5.91 Å². The van der Waals surface area contributed by atoms with Crippen LogP contribution in [0.4, 0.5) is 0 Å². The number of nitrogens with two attached hydrogens (primary N) is 1. The number of carbonyl (C=O) groups excluding carboxylic acids is 1. The molecular formula is C16H24N2O2. The molecule has 1 aromatic rings. The molecule has 0 bridgehead atoms. The zero-order chi connectivity index (χ0) is 14.5. The van der Waals surface area contributed by atoms with Crippen LogP contribution in [0.5, 0.6) is 5.75 Å². The fourth-order valence-corrected chi connectivity index (χ4v) is 2.72. The Morgan fingerprint density at radius 2 is 2.05 bits per heavy atom. The van der Waals surface area contributed by atoms with Gasteiger partial charge in [0.25, 0.3) is 5.91 Å². The summed E-state index contributed by atoms with van der Waals surface area (Å²) >= 11 is 0. The van der Waals surface area contributed by atoms with Gasteiger partial charge in [0.15, 0.2) is 0 Å². The van der Waals surface area contributed by atoms with Gasteiger partial charge in [-0.05, 0) is 50.7 Å². The number of rotatable bonds is 4. The molecule has 1 amide bonds. The first kappa shape index (κ1) is 14.9. The first-order valence-electron chi connectivity index (χ1n) is 7.28. The Morgan fingerprint density at radius 1 is 1.35 bits per heavy atom. The second kappa shape index (κ2) is 6.75. The molecule has 0 radical (unpaired) electrons. The molecule has 110 valence electrons. The van der Waals surface area contributed by atoms with Gasteiger partial charge in [-0.3, -0.25) is 4.79 Å². The van der Waals surface area contributed by atoms with Gasteiger partial charge in [-0.2, -0.15) is 0 Å². The van der Waals surface area contributed by atoms with E-state index in [9.17, 15) is 4.79 Å². The van der Waals surface area contributed by atoms with Crippen LogP contribution in [0, 0.1) is 12.8 Å². The number of benzene rings is 1. The van der Waals surface area contributed by atoms with Gasteiger partial charge in [-0.15, -0.1) is 0 Å². The van der Waals surface area contributed by atoms with Crippen molar-refractivity contribution in [1.29, 1.82) is 0 Å². The molecule has 1 fully saturated rings. The molecule has 1 saturated carbocycles. The second-order valence-electron chi connectivity index (χ2n) is 5.69. The van der Waals surface area contributed by atoms with E-state index >= 15 is 0 Å². The van der Waals surface area contributed by atoms with Crippen LogP contribution in [0.25, 0.3) is 0 Å². The molecule has 1 aliphatic carbocycles. The fraction of sp³-hybridized carbons (Fsp3) is 0.562. The SMILES string of the molecule is COc1ccc(C)cc1C(=O)NCC1CCC(N)CC1. The maximum atomic E-state index is 12.3. The Bertz CT molecular complexity index is 466. The normalized spacial score (nSPS) is 22.4. The Hall–Kier alpha value is -1.55. The summed E-state index contributed by atoms with van der Waals surface area (Å²) in [5, 5.41) is 3.03. The van der Waals surface area contributed by atoms with Crippen LogP contribution in [-0.4, -0.2) is 25.6 Å². The number of methoxy groups -OCH3 is 1. The largest absolute Gasteiger partial charge is 0.496 e. The third-order valence-corrected chi connectivity index (χ3v) is 4.04. The Morgan fingerprint density at radius 3 is 2.70 bits per heavy atom. The van der Waals surface area contributed by atoms with Crippen molar-refractivity contribution in [3.63, 3.8) is 0 Å². The van der Waals surface area contributed by atoms with Gasteiger partial charge >= 0.3 is 0 Å². The van der Waals surface area contributed by atoms with Gasteiger partial charge < -0.3 is 15.8 Å². The van der Waals surface area contributed by atoms with Gasteiger partial charge in [0.05, 0.1) is 12.7 Å². The molecule has 0 atom stereocenters. The van der Waals surface area contributed by atoms with Crippen molar-refractivity contribution < 1.29 is 9.53 Å². The highest BCUT2D eigenvalue weighted by Gasteiger charge is 2.20. The smallest absolute Gasteiger partial charge is 0.255 e. The number of carbonyl (C=O) groups is 1. The predicted molar refractivity (Wildman–Crippen MR) is 80.0 cm³/mol. The van der Waals surface area contributed by atoms with Crippen LogP contribution in [0.1, 0.15) is 41.6 Å². The minimum Gasteiger partial charge on any atom is -0.496 e. The summed E-state index contributed by atoms with van der Waals surface area (Å²) in [5.74, 6) is 1.12. The molecule has 0 saturated heterocycles. The lowest BCUT2D eigenvalue weighted by molar-refractivity contribution is 0.0940. The van der Waals surface area contributed by atoms with Crippen LogP contribution < -0.4 is 15.8 Å². The van der Waals surface area contributed by atoms with E-state index in [4.69, 9.17) is 10.5 Å². The standard InChI is InChI=1S/C16H24N2O2/c1-11-3-8-15(20-2)14(9-11)16(19)18-10-12-4-6-13(17)7-5-12/h3,8-9,12-13H,4-7,10,17H2,1-2H3,(H,18,19). The van der Waals surface area contributed by atoms with E-state index in [0.29, 0.717) is 23.3 Å². The topological polar surface area (TPSA) is 64.3 Å². The third kappa shape index (κ3) is 3.73. The molecule has 3 N–H and O–H groups in total. The lowest BCUT2D eigenvalue weighted by Gasteiger charge is -2.26. The molecule has 0 aromatic heterocycles. The van der Waals surface area contributed by atoms with Crippen molar-refractivity contribution in [3.05, 3.63) is 29.3 Å². The van der Waals surface area contributed by atoms with Crippen LogP contribution in [0.2, 0.25) is 0 Å². The maximum absolute atomic E-state index is 12.3. The minimum absolute atomic E-state index is 0.0552. The molecule has 20 heavy (non-hydrogen) atoms. The quantitative estimate of drug-likeness (QED) is 0.886. The molecule has 1 aliphatic rings. The van der Waals surface area contributed by atoms with Crippen LogP contribution >= 0.6 is 0 Å². The molecule has 0 aliphatic heterocycles. The highest BCUT2D eigenvalue weighted by Crippen LogP contribution is 2.23. The number of amides is 1. The number of nitrogens with one attached hydrogen (secondary N) is 1. The monoisotopic (exact) mass is 276 g/mol.